The van der Waals surface area contributed by atoms with Crippen LogP contribution in [0.2, 0.25) is 0 Å². The highest BCUT2D eigenvalue weighted by molar-refractivity contribution is 5.97. The Labute approximate surface area is 204 Å². The summed E-state index contributed by atoms with van der Waals surface area (Å²) in [5, 5.41) is 9.84. The zero-order chi connectivity index (χ0) is 25.1. The third-order valence-corrected chi connectivity index (χ3v) is 10.2. The van der Waals surface area contributed by atoms with Crippen LogP contribution in [0.25, 0.3) is 0 Å². The van der Waals surface area contributed by atoms with Gasteiger partial charge in [0.05, 0.1) is 43.9 Å². The van der Waals surface area contributed by atoms with Crippen molar-refractivity contribution in [2.45, 2.75) is 65.1 Å². The van der Waals surface area contributed by atoms with Crippen molar-refractivity contribution in [1.29, 1.82) is 0 Å². The highest BCUT2D eigenvalue weighted by Crippen LogP contribution is 2.71. The van der Waals surface area contributed by atoms with Crippen molar-refractivity contribution in [3.63, 3.8) is 0 Å². The lowest BCUT2D eigenvalue weighted by Gasteiger charge is -2.60. The van der Waals surface area contributed by atoms with Crippen LogP contribution in [0.3, 0.4) is 0 Å². The van der Waals surface area contributed by atoms with Gasteiger partial charge < -0.3 is 24.1 Å². The maximum Gasteiger partial charge on any atom is 0.337 e. The number of ketones is 1. The molecule has 35 heavy (non-hydrogen) atoms. The second-order valence-electron chi connectivity index (χ2n) is 11.7. The SMILES string of the molecule is COC(=O)C[C@@H]1[C@@]2(C)C=CC(=O)[C@@]3(C)CO[C@H]([C@H]4O[C@@H]5C[C@@H](C6=C[C@@H](O)OC6=O)C(C)=C5[C@]41C)[C@H]23. The van der Waals surface area contributed by atoms with E-state index in [-0.39, 0.29) is 54.2 Å². The average molecular weight is 485 g/mol. The van der Waals surface area contributed by atoms with Crippen LogP contribution in [0.1, 0.15) is 40.5 Å². The minimum Gasteiger partial charge on any atom is -0.469 e. The number of aliphatic hydroxyl groups is 1. The van der Waals surface area contributed by atoms with Gasteiger partial charge in [0.25, 0.3) is 0 Å². The fourth-order valence-electron chi connectivity index (χ4n) is 8.73. The molecule has 0 aromatic rings. The van der Waals surface area contributed by atoms with Crippen molar-refractivity contribution in [3.8, 4) is 0 Å². The van der Waals surface area contributed by atoms with Crippen LogP contribution in [-0.4, -0.2) is 61.1 Å². The molecule has 3 heterocycles. The van der Waals surface area contributed by atoms with Crippen LogP contribution in [-0.2, 0) is 33.3 Å². The van der Waals surface area contributed by atoms with E-state index in [2.05, 4.69) is 13.8 Å². The highest BCUT2D eigenvalue weighted by atomic mass is 16.6. The quantitative estimate of drug-likeness (QED) is 0.480. The maximum atomic E-state index is 13.0. The normalized spacial score (nSPS) is 49.5. The van der Waals surface area contributed by atoms with Gasteiger partial charge in [0, 0.05) is 22.8 Å². The monoisotopic (exact) mass is 484 g/mol. The summed E-state index contributed by atoms with van der Waals surface area (Å²) in [5.41, 5.74) is 0.813. The lowest BCUT2D eigenvalue weighted by Crippen LogP contribution is -2.64. The third kappa shape index (κ3) is 2.71. The van der Waals surface area contributed by atoms with E-state index < -0.39 is 28.5 Å². The number of esters is 2. The van der Waals surface area contributed by atoms with E-state index >= 15 is 0 Å². The first-order chi connectivity index (χ1) is 16.5. The molecule has 0 aromatic carbocycles. The number of methoxy groups -OCH3 is 1. The molecule has 3 fully saturated rings. The van der Waals surface area contributed by atoms with E-state index in [9.17, 15) is 19.5 Å². The Hall–Kier alpha value is -2.29. The molecule has 0 amide bonds. The van der Waals surface area contributed by atoms with Gasteiger partial charge in [0.15, 0.2) is 5.78 Å². The van der Waals surface area contributed by atoms with Gasteiger partial charge in [-0.25, -0.2) is 4.79 Å². The molecular weight excluding hydrogens is 452 g/mol. The molecule has 1 N–H and O–H groups in total. The molecule has 0 spiro atoms. The summed E-state index contributed by atoms with van der Waals surface area (Å²) in [6.07, 6.45) is 3.77. The topological polar surface area (TPSA) is 108 Å². The maximum absolute atomic E-state index is 13.0. The summed E-state index contributed by atoms with van der Waals surface area (Å²) in [5.74, 6) is -1.31. The lowest BCUT2D eigenvalue weighted by atomic mass is 9.42. The molecule has 0 radical (unpaired) electrons. The van der Waals surface area contributed by atoms with Gasteiger partial charge in [-0.3, -0.25) is 9.59 Å². The molecule has 8 nitrogen and oxygen atoms in total. The smallest absolute Gasteiger partial charge is 0.337 e. The highest BCUT2D eigenvalue weighted by Gasteiger charge is 2.74. The van der Waals surface area contributed by atoms with Gasteiger partial charge in [-0.1, -0.05) is 25.5 Å². The van der Waals surface area contributed by atoms with Crippen molar-refractivity contribution in [1.82, 2.24) is 0 Å². The van der Waals surface area contributed by atoms with Crippen molar-refractivity contribution < 1.29 is 38.4 Å². The van der Waals surface area contributed by atoms with Crippen LogP contribution >= 0.6 is 0 Å². The third-order valence-electron chi connectivity index (χ3n) is 10.2. The number of ether oxygens (including phenoxy) is 4. The predicted molar refractivity (Wildman–Crippen MR) is 121 cm³/mol. The standard InChI is InChI=1S/C27H32O8/c1-12-13(14-9-19(30)35-24(14)31)8-15-20(12)27(4)16(10-18(29)32-5)25(2)7-6-17(28)26(3)11-33-21(22(25)26)23(27)34-15/h6-7,9,13,15-16,19,21-23,30H,8,10-11H2,1-5H3/t13-,15-,16-,19+,21+,22-,23-,25-,26-,27-/m1/s1. The predicted octanol–water partition coefficient (Wildman–Crippen LogP) is 2.26. The molecule has 8 heteroatoms. The number of hydrogen-bond acceptors (Lipinski definition) is 8. The van der Waals surface area contributed by atoms with E-state index in [4.69, 9.17) is 18.9 Å². The number of carbonyl (C=O) groups excluding carboxylic acids is 3. The minimum absolute atomic E-state index is 0.0572. The Bertz CT molecular complexity index is 1130. The van der Waals surface area contributed by atoms with Crippen LogP contribution in [0.15, 0.2) is 34.9 Å². The van der Waals surface area contributed by atoms with Gasteiger partial charge in [-0.15, -0.1) is 0 Å². The minimum atomic E-state index is -1.23. The molecule has 1 saturated carbocycles. The molecule has 0 aromatic heterocycles. The molecular formula is C27H32O8. The fourth-order valence-corrected chi connectivity index (χ4v) is 8.73. The summed E-state index contributed by atoms with van der Waals surface area (Å²) in [4.78, 5) is 38.2. The van der Waals surface area contributed by atoms with Crippen molar-refractivity contribution in [2.24, 2.45) is 34.0 Å². The molecule has 188 valence electrons. The Kier molecular flexibility index (Phi) is 4.72. The molecule has 0 unspecified atom stereocenters. The lowest BCUT2D eigenvalue weighted by molar-refractivity contribution is -0.178. The molecule has 10 atom stereocenters. The van der Waals surface area contributed by atoms with Crippen LogP contribution in [0, 0.1) is 34.0 Å². The van der Waals surface area contributed by atoms with Gasteiger partial charge in [0.2, 0.25) is 6.29 Å². The summed E-state index contributed by atoms with van der Waals surface area (Å²) in [7, 11) is 1.40. The number of allylic oxidation sites excluding steroid dienone is 3. The van der Waals surface area contributed by atoms with Crippen molar-refractivity contribution in [3.05, 3.63) is 34.9 Å². The van der Waals surface area contributed by atoms with Gasteiger partial charge >= 0.3 is 11.9 Å². The van der Waals surface area contributed by atoms with Crippen molar-refractivity contribution >= 4 is 17.7 Å². The van der Waals surface area contributed by atoms with E-state index in [1.807, 2.05) is 19.9 Å². The van der Waals surface area contributed by atoms with Crippen molar-refractivity contribution in [2.75, 3.05) is 13.7 Å². The number of aliphatic hydroxyl groups excluding tert-OH is 1. The first kappa shape index (κ1) is 23.1. The largest absolute Gasteiger partial charge is 0.469 e. The zero-order valence-corrected chi connectivity index (χ0v) is 20.7. The first-order valence-corrected chi connectivity index (χ1v) is 12.4. The summed E-state index contributed by atoms with van der Waals surface area (Å²) < 4.78 is 23.2. The molecule has 6 aliphatic rings. The average Bonchev–Trinajstić information content (AvgIpc) is 3.51. The molecule has 0 bridgehead atoms. The summed E-state index contributed by atoms with van der Waals surface area (Å²) in [6, 6.07) is 0. The van der Waals surface area contributed by atoms with E-state index in [1.165, 1.54) is 13.2 Å². The van der Waals surface area contributed by atoms with E-state index in [0.717, 1.165) is 11.1 Å². The molecule has 3 aliphatic heterocycles. The first-order valence-electron chi connectivity index (χ1n) is 12.4. The van der Waals surface area contributed by atoms with Crippen LogP contribution < -0.4 is 0 Å². The number of carbonyl (C=O) groups is 3. The van der Waals surface area contributed by atoms with Gasteiger partial charge in [-0.2, -0.15) is 0 Å². The van der Waals surface area contributed by atoms with Gasteiger partial charge in [0.1, 0.15) is 0 Å². The Balaban J connectivity index is 1.52. The van der Waals surface area contributed by atoms with Gasteiger partial charge in [-0.05, 0) is 49.3 Å². The second kappa shape index (κ2) is 7.14. The Morgan fingerprint density at radius 2 is 2.00 bits per heavy atom. The number of cyclic esters (lactones) is 1. The second-order valence-corrected chi connectivity index (χ2v) is 11.7. The number of fused-ring (bicyclic) bond motifs is 4. The van der Waals surface area contributed by atoms with E-state index in [1.54, 1.807) is 6.08 Å². The molecule has 6 rings (SSSR count). The van der Waals surface area contributed by atoms with Crippen LogP contribution in [0.4, 0.5) is 0 Å². The Morgan fingerprint density at radius 3 is 2.66 bits per heavy atom. The number of hydrogen-bond donors (Lipinski definition) is 1. The summed E-state index contributed by atoms with van der Waals surface area (Å²) in [6.45, 7) is 8.59. The molecule has 3 aliphatic carbocycles. The van der Waals surface area contributed by atoms with E-state index in [0.29, 0.717) is 18.6 Å². The number of rotatable bonds is 3. The van der Waals surface area contributed by atoms with Crippen LogP contribution in [0.5, 0.6) is 0 Å². The molecule has 2 saturated heterocycles. The fraction of sp³-hybridized carbons (Fsp3) is 0.667. The summed E-state index contributed by atoms with van der Waals surface area (Å²) >= 11 is 0. The Morgan fingerprint density at radius 1 is 1.26 bits per heavy atom. The zero-order valence-electron chi connectivity index (χ0n) is 20.7.